The van der Waals surface area contributed by atoms with Crippen LogP contribution in [0.2, 0.25) is 0 Å². The van der Waals surface area contributed by atoms with Gasteiger partial charge in [-0.15, -0.1) is 10.2 Å². The zero-order valence-electron chi connectivity index (χ0n) is 14.3. The number of aromatic nitrogens is 4. The van der Waals surface area contributed by atoms with E-state index in [0.29, 0.717) is 13.1 Å². The Kier molecular flexibility index (Phi) is 4.20. The van der Waals surface area contributed by atoms with Crippen LogP contribution in [0.5, 0.6) is 0 Å². The van der Waals surface area contributed by atoms with E-state index in [0.717, 1.165) is 24.3 Å². The summed E-state index contributed by atoms with van der Waals surface area (Å²) in [4.78, 5) is 18.2. The van der Waals surface area contributed by atoms with Crippen molar-refractivity contribution in [1.29, 1.82) is 0 Å². The van der Waals surface area contributed by atoms with Crippen LogP contribution in [0.3, 0.4) is 0 Å². The van der Waals surface area contributed by atoms with Crippen LogP contribution < -0.4 is 0 Å². The number of hydrogen-bond donors (Lipinski definition) is 0. The first-order valence-corrected chi connectivity index (χ1v) is 8.46. The summed E-state index contributed by atoms with van der Waals surface area (Å²) < 4.78 is 16.1. The van der Waals surface area contributed by atoms with Gasteiger partial charge in [0.15, 0.2) is 11.6 Å². The average Bonchev–Trinajstić information content (AvgIpc) is 3.04. The molecule has 1 aromatic carbocycles. The van der Waals surface area contributed by atoms with Gasteiger partial charge < -0.3 is 9.47 Å². The predicted octanol–water partition coefficient (Wildman–Crippen LogP) is 2.56. The van der Waals surface area contributed by atoms with E-state index in [4.69, 9.17) is 0 Å². The van der Waals surface area contributed by atoms with Crippen molar-refractivity contribution in [2.24, 2.45) is 0 Å². The number of hydrogen-bond acceptors (Lipinski definition) is 4. The number of benzene rings is 1. The number of amides is 1. The lowest BCUT2D eigenvalue weighted by atomic mass is 10.0. The molecule has 0 unspecified atom stereocenters. The van der Waals surface area contributed by atoms with Crippen molar-refractivity contribution in [2.45, 2.75) is 25.9 Å². The molecule has 0 spiro atoms. The van der Waals surface area contributed by atoms with Gasteiger partial charge in [-0.2, -0.15) is 0 Å². The van der Waals surface area contributed by atoms with Gasteiger partial charge in [-0.3, -0.25) is 9.78 Å². The van der Waals surface area contributed by atoms with Crippen molar-refractivity contribution < 1.29 is 9.18 Å². The number of aryl methyl sites for hydroxylation is 1. The van der Waals surface area contributed by atoms with E-state index in [-0.39, 0.29) is 17.5 Å². The summed E-state index contributed by atoms with van der Waals surface area (Å²) in [6.07, 6.45) is 3.23. The van der Waals surface area contributed by atoms with Gasteiger partial charge in [0.1, 0.15) is 5.82 Å². The average molecular weight is 351 g/mol. The maximum atomic E-state index is 14.0. The molecule has 4 rings (SSSR count). The third-order valence-corrected chi connectivity index (χ3v) is 4.67. The molecule has 0 bridgehead atoms. The maximum absolute atomic E-state index is 14.0. The lowest BCUT2D eigenvalue weighted by molar-refractivity contribution is 0.0667. The smallest absolute Gasteiger partial charge is 0.257 e. The third-order valence-electron chi connectivity index (χ3n) is 4.67. The minimum Gasteiger partial charge on any atom is -0.329 e. The zero-order valence-corrected chi connectivity index (χ0v) is 14.3. The molecule has 1 aliphatic rings. The van der Waals surface area contributed by atoms with Crippen LogP contribution in [-0.4, -0.2) is 37.1 Å². The topological polar surface area (TPSA) is 63.9 Å². The lowest BCUT2D eigenvalue weighted by Gasteiger charge is -2.34. The second-order valence-corrected chi connectivity index (χ2v) is 6.42. The van der Waals surface area contributed by atoms with E-state index in [2.05, 4.69) is 31.9 Å². The molecule has 132 valence electrons. The second kappa shape index (κ2) is 6.67. The second-order valence-electron chi connectivity index (χ2n) is 6.42. The molecule has 0 radical (unpaired) electrons. The molecular weight excluding hydrogens is 333 g/mol. The number of rotatable bonds is 3. The molecule has 1 aliphatic heterocycles. The van der Waals surface area contributed by atoms with Gasteiger partial charge in [0.25, 0.3) is 5.91 Å². The summed E-state index contributed by atoms with van der Waals surface area (Å²) in [6.45, 7) is 2.70. The number of carbonyl (C=O) groups excluding carboxylic acids is 1. The molecule has 0 saturated carbocycles. The Bertz CT molecular complexity index is 940. The lowest BCUT2D eigenvalue weighted by Crippen LogP contribution is -2.42. The Morgan fingerprint density at radius 1 is 1.23 bits per heavy atom. The Morgan fingerprint density at radius 3 is 2.81 bits per heavy atom. The highest BCUT2D eigenvalue weighted by atomic mass is 19.1. The van der Waals surface area contributed by atoms with Gasteiger partial charge in [0.05, 0.1) is 24.3 Å². The number of halogens is 1. The highest BCUT2D eigenvalue weighted by Crippen LogP contribution is 2.26. The Morgan fingerprint density at radius 2 is 2.04 bits per heavy atom. The quantitative estimate of drug-likeness (QED) is 0.727. The number of fused-ring (bicyclic) bond motifs is 1. The van der Waals surface area contributed by atoms with Crippen LogP contribution in [-0.2, 0) is 13.0 Å². The standard InChI is InChI=1S/C19H18FN5O/c1-13-22-23-18-12-24(19(26)16-7-8-21-10-17(16)20)11-15(25(13)18)9-14-5-3-2-4-6-14/h2-8,10,15H,9,11-12H2,1H3/t15-/m1/s1. The van der Waals surface area contributed by atoms with Gasteiger partial charge in [-0.25, -0.2) is 4.39 Å². The normalized spacial score (nSPS) is 16.4. The summed E-state index contributed by atoms with van der Waals surface area (Å²) in [7, 11) is 0. The number of pyridine rings is 1. The minimum atomic E-state index is -0.611. The summed E-state index contributed by atoms with van der Waals surface area (Å²) >= 11 is 0. The van der Waals surface area contributed by atoms with Crippen molar-refractivity contribution in [2.75, 3.05) is 6.54 Å². The molecule has 1 atom stereocenters. The molecule has 1 amide bonds. The summed E-state index contributed by atoms with van der Waals surface area (Å²) in [5.74, 6) is 0.579. The van der Waals surface area contributed by atoms with E-state index in [1.165, 1.54) is 17.8 Å². The summed E-state index contributed by atoms with van der Waals surface area (Å²) in [5, 5.41) is 8.37. The van der Waals surface area contributed by atoms with E-state index in [9.17, 15) is 9.18 Å². The van der Waals surface area contributed by atoms with Gasteiger partial charge in [-0.1, -0.05) is 30.3 Å². The summed E-state index contributed by atoms with van der Waals surface area (Å²) in [5.41, 5.74) is 1.20. The SMILES string of the molecule is Cc1nnc2n1[C@H](Cc1ccccc1)CN(C(=O)c1ccncc1F)C2. The van der Waals surface area contributed by atoms with E-state index >= 15 is 0 Å². The minimum absolute atomic E-state index is 0.00463. The molecule has 6 nitrogen and oxygen atoms in total. The molecule has 3 heterocycles. The first-order chi connectivity index (χ1) is 12.6. The highest BCUT2D eigenvalue weighted by Gasteiger charge is 2.32. The van der Waals surface area contributed by atoms with Gasteiger partial charge in [-0.05, 0) is 25.0 Å². The molecule has 0 saturated heterocycles. The molecule has 0 fully saturated rings. The van der Waals surface area contributed by atoms with Crippen LogP contribution in [0.1, 0.15) is 33.6 Å². The van der Waals surface area contributed by atoms with E-state index in [1.807, 2.05) is 25.1 Å². The summed E-state index contributed by atoms with van der Waals surface area (Å²) in [6, 6.07) is 11.5. The van der Waals surface area contributed by atoms with Gasteiger partial charge in [0, 0.05) is 12.7 Å². The maximum Gasteiger partial charge on any atom is 0.257 e. The molecule has 26 heavy (non-hydrogen) atoms. The van der Waals surface area contributed by atoms with E-state index in [1.54, 1.807) is 4.90 Å². The van der Waals surface area contributed by atoms with E-state index < -0.39 is 5.82 Å². The first-order valence-electron chi connectivity index (χ1n) is 8.46. The van der Waals surface area contributed by atoms with Crippen molar-refractivity contribution in [3.8, 4) is 0 Å². The largest absolute Gasteiger partial charge is 0.329 e. The molecule has 3 aromatic rings. The van der Waals surface area contributed by atoms with Crippen LogP contribution in [0.15, 0.2) is 48.8 Å². The monoisotopic (exact) mass is 351 g/mol. The third kappa shape index (κ3) is 2.96. The fourth-order valence-corrected chi connectivity index (χ4v) is 3.48. The van der Waals surface area contributed by atoms with Crippen LogP contribution in [0, 0.1) is 12.7 Å². The van der Waals surface area contributed by atoms with Crippen LogP contribution in [0.4, 0.5) is 4.39 Å². The Hall–Kier alpha value is -3.09. The zero-order chi connectivity index (χ0) is 18.1. The van der Waals surface area contributed by atoms with Crippen molar-refractivity contribution in [3.63, 3.8) is 0 Å². The first kappa shape index (κ1) is 16.4. The van der Waals surface area contributed by atoms with Crippen LogP contribution in [0.25, 0.3) is 0 Å². The van der Waals surface area contributed by atoms with Crippen molar-refractivity contribution in [1.82, 2.24) is 24.6 Å². The molecular formula is C19H18FN5O. The van der Waals surface area contributed by atoms with Gasteiger partial charge in [0.2, 0.25) is 0 Å². The molecule has 2 aromatic heterocycles. The molecule has 0 N–H and O–H groups in total. The Labute approximate surface area is 150 Å². The van der Waals surface area contributed by atoms with Crippen LogP contribution >= 0.6 is 0 Å². The fourth-order valence-electron chi connectivity index (χ4n) is 3.48. The fraction of sp³-hybridized carbons (Fsp3) is 0.263. The van der Waals surface area contributed by atoms with Gasteiger partial charge >= 0.3 is 0 Å². The highest BCUT2D eigenvalue weighted by molar-refractivity contribution is 5.94. The molecule has 7 heteroatoms. The predicted molar refractivity (Wildman–Crippen MR) is 92.9 cm³/mol. The number of carbonyl (C=O) groups is 1. The Balaban J connectivity index is 1.65. The van der Waals surface area contributed by atoms with Crippen molar-refractivity contribution >= 4 is 5.91 Å². The van der Waals surface area contributed by atoms with Crippen molar-refractivity contribution in [3.05, 3.63) is 77.4 Å². The molecule has 0 aliphatic carbocycles. The number of nitrogens with zero attached hydrogens (tertiary/aromatic N) is 5.